The molecule has 0 N–H and O–H groups in total. The van der Waals surface area contributed by atoms with E-state index in [0.717, 1.165) is 28.1 Å². The quantitative estimate of drug-likeness (QED) is 0.173. The zero-order valence-electron chi connectivity index (χ0n) is 28.2. The van der Waals surface area contributed by atoms with Crippen LogP contribution in [0, 0.1) is 0 Å². The number of allylic oxidation sites excluding steroid dienone is 5. The molecule has 6 aromatic carbocycles. The van der Waals surface area contributed by atoms with E-state index in [1.807, 2.05) is 24.3 Å². The Morgan fingerprint density at radius 3 is 2.00 bits per heavy atom. The maximum absolute atomic E-state index is 5.21. The van der Waals surface area contributed by atoms with Gasteiger partial charge in [0.25, 0.3) is 0 Å². The lowest BCUT2D eigenvalue weighted by atomic mass is 9.65. The molecule has 1 spiro atoms. The Kier molecular flexibility index (Phi) is 6.46. The van der Waals surface area contributed by atoms with Gasteiger partial charge in [0.15, 0.2) is 5.82 Å². The SMILES string of the molecule is C=C/C=C\C=C(/C)c1nc(-c2ccccc2)cc(-c2ccc3c(c2)-n2c4ccccc4c4cccc(c42)C32c3ccccc3-c3ccccc32)n1. The highest BCUT2D eigenvalue weighted by molar-refractivity contribution is 6.13. The van der Waals surface area contributed by atoms with Gasteiger partial charge in [-0.2, -0.15) is 0 Å². The van der Waals surface area contributed by atoms with Crippen LogP contribution in [0.3, 0.4) is 0 Å². The Balaban J connectivity index is 1.30. The molecule has 0 unspecified atom stereocenters. The van der Waals surface area contributed by atoms with Crippen LogP contribution in [0.2, 0.25) is 0 Å². The molecule has 1 aliphatic carbocycles. The van der Waals surface area contributed by atoms with Crippen LogP contribution in [0.1, 0.15) is 35.0 Å². The minimum absolute atomic E-state index is 0.478. The summed E-state index contributed by atoms with van der Waals surface area (Å²) in [6.07, 6.45) is 7.72. The summed E-state index contributed by atoms with van der Waals surface area (Å²) < 4.78 is 2.50. The second-order valence-electron chi connectivity index (χ2n) is 13.4. The standard InChI is InChI=1S/C48H33N3/c1-3-4-6-16-31(2)47-49-42(32-17-7-5-8-18-32)30-43(50-47)33-27-28-40-45(29-33)51-44-26-14-11-21-36(44)37-22-15-25-41(46(37)51)48(40)38-23-12-9-19-34(38)35-20-10-13-24-39(35)48/h3-30H,1H2,2H3/b6-4-,31-16+. The molecule has 240 valence electrons. The predicted octanol–water partition coefficient (Wildman–Crippen LogP) is 11.7. The Morgan fingerprint density at radius 1 is 0.588 bits per heavy atom. The van der Waals surface area contributed by atoms with Gasteiger partial charge in [-0.05, 0) is 64.1 Å². The molecule has 0 radical (unpaired) electrons. The van der Waals surface area contributed by atoms with Crippen LogP contribution in [0.4, 0.5) is 0 Å². The van der Waals surface area contributed by atoms with Crippen molar-refractivity contribution in [1.82, 2.24) is 14.5 Å². The summed E-state index contributed by atoms with van der Waals surface area (Å²) >= 11 is 0. The third-order valence-corrected chi connectivity index (χ3v) is 10.7. The Labute approximate surface area is 297 Å². The van der Waals surface area contributed by atoms with Gasteiger partial charge in [0.1, 0.15) is 0 Å². The first-order chi connectivity index (χ1) is 25.2. The summed E-state index contributed by atoms with van der Waals surface area (Å²) in [6, 6.07) is 53.1. The molecular formula is C48H33N3. The molecule has 8 aromatic rings. The molecule has 10 rings (SSSR count). The van der Waals surface area contributed by atoms with Crippen LogP contribution in [0.5, 0.6) is 0 Å². The zero-order chi connectivity index (χ0) is 34.1. The fraction of sp³-hybridized carbons (Fsp3) is 0.0417. The number of fused-ring (bicyclic) bond motifs is 12. The Bertz CT molecular complexity index is 2730. The molecule has 51 heavy (non-hydrogen) atoms. The molecule has 0 amide bonds. The van der Waals surface area contributed by atoms with Gasteiger partial charge in [0.2, 0.25) is 0 Å². The number of hydrogen-bond acceptors (Lipinski definition) is 2. The van der Waals surface area contributed by atoms with Crippen LogP contribution in [0.25, 0.3) is 66.7 Å². The van der Waals surface area contributed by atoms with Crippen molar-refractivity contribution in [2.75, 3.05) is 0 Å². The molecule has 0 saturated heterocycles. The van der Waals surface area contributed by atoms with Crippen LogP contribution in [0.15, 0.2) is 176 Å². The molecular weight excluding hydrogens is 619 g/mol. The fourth-order valence-corrected chi connectivity index (χ4v) is 8.61. The first-order valence-corrected chi connectivity index (χ1v) is 17.5. The molecule has 1 aliphatic heterocycles. The van der Waals surface area contributed by atoms with Gasteiger partial charge < -0.3 is 4.57 Å². The van der Waals surface area contributed by atoms with E-state index in [1.54, 1.807) is 6.08 Å². The Hall–Kier alpha value is -6.58. The normalized spacial score (nSPS) is 13.9. The lowest BCUT2D eigenvalue weighted by Crippen LogP contribution is -2.33. The topological polar surface area (TPSA) is 30.7 Å². The summed E-state index contributed by atoms with van der Waals surface area (Å²) in [5.41, 5.74) is 15.9. The van der Waals surface area contributed by atoms with Crippen LogP contribution >= 0.6 is 0 Å². The molecule has 0 saturated carbocycles. The molecule has 3 nitrogen and oxygen atoms in total. The van der Waals surface area contributed by atoms with Crippen molar-refractivity contribution in [2.24, 2.45) is 0 Å². The smallest absolute Gasteiger partial charge is 0.156 e. The monoisotopic (exact) mass is 651 g/mol. The second kappa shape index (κ2) is 11.2. The van der Waals surface area contributed by atoms with Crippen LogP contribution in [-0.2, 0) is 5.41 Å². The highest BCUT2D eigenvalue weighted by Crippen LogP contribution is 2.61. The molecule has 0 atom stereocenters. The minimum atomic E-state index is -0.478. The van der Waals surface area contributed by atoms with Crippen molar-refractivity contribution < 1.29 is 0 Å². The van der Waals surface area contributed by atoms with Crippen molar-refractivity contribution in [2.45, 2.75) is 12.3 Å². The number of para-hydroxylation sites is 2. The summed E-state index contributed by atoms with van der Waals surface area (Å²) in [5, 5.41) is 2.52. The maximum Gasteiger partial charge on any atom is 0.156 e. The number of rotatable bonds is 5. The van der Waals surface area contributed by atoms with E-state index in [2.05, 4.69) is 158 Å². The van der Waals surface area contributed by atoms with E-state index in [0.29, 0.717) is 5.82 Å². The summed E-state index contributed by atoms with van der Waals surface area (Å²) in [5.74, 6) is 0.701. The summed E-state index contributed by atoms with van der Waals surface area (Å²) in [6.45, 7) is 5.88. The average Bonchev–Trinajstić information content (AvgIpc) is 3.69. The average molecular weight is 652 g/mol. The highest BCUT2D eigenvalue weighted by atomic mass is 15.0. The maximum atomic E-state index is 5.21. The van der Waals surface area contributed by atoms with E-state index >= 15 is 0 Å². The van der Waals surface area contributed by atoms with Crippen molar-refractivity contribution >= 4 is 27.4 Å². The van der Waals surface area contributed by atoms with Crippen LogP contribution < -0.4 is 0 Å². The van der Waals surface area contributed by atoms with Gasteiger partial charge in [0, 0.05) is 21.9 Å². The number of benzene rings is 6. The fourth-order valence-electron chi connectivity index (χ4n) is 8.61. The Morgan fingerprint density at radius 2 is 1.24 bits per heavy atom. The van der Waals surface area contributed by atoms with Crippen molar-refractivity contribution in [3.63, 3.8) is 0 Å². The number of nitrogens with zero attached hydrogens (tertiary/aromatic N) is 3. The van der Waals surface area contributed by atoms with Crippen LogP contribution in [-0.4, -0.2) is 14.5 Å². The van der Waals surface area contributed by atoms with Crippen molar-refractivity contribution in [1.29, 1.82) is 0 Å². The lowest BCUT2D eigenvalue weighted by molar-refractivity contribution is 0.748. The van der Waals surface area contributed by atoms with Gasteiger partial charge in [-0.3, -0.25) is 0 Å². The first kappa shape index (κ1) is 29.3. The van der Waals surface area contributed by atoms with E-state index in [9.17, 15) is 0 Å². The van der Waals surface area contributed by atoms with Gasteiger partial charge in [-0.1, -0.05) is 158 Å². The minimum Gasteiger partial charge on any atom is -0.309 e. The molecule has 0 bridgehead atoms. The summed E-state index contributed by atoms with van der Waals surface area (Å²) in [7, 11) is 0. The third-order valence-electron chi connectivity index (χ3n) is 10.7. The van der Waals surface area contributed by atoms with E-state index in [-0.39, 0.29) is 0 Å². The number of aromatic nitrogens is 3. The van der Waals surface area contributed by atoms with Gasteiger partial charge in [0.05, 0.1) is 33.5 Å². The lowest BCUT2D eigenvalue weighted by Gasteiger charge is -2.39. The number of hydrogen-bond donors (Lipinski definition) is 0. The van der Waals surface area contributed by atoms with Gasteiger partial charge in [-0.15, -0.1) is 0 Å². The van der Waals surface area contributed by atoms with E-state index in [4.69, 9.17) is 9.97 Å². The predicted molar refractivity (Wildman–Crippen MR) is 211 cm³/mol. The molecule has 0 fully saturated rings. The van der Waals surface area contributed by atoms with E-state index in [1.165, 1.54) is 60.9 Å². The second-order valence-corrected chi connectivity index (χ2v) is 13.4. The summed E-state index contributed by atoms with van der Waals surface area (Å²) in [4.78, 5) is 10.3. The first-order valence-electron chi connectivity index (χ1n) is 17.5. The van der Waals surface area contributed by atoms with Crippen molar-refractivity contribution in [3.8, 4) is 39.3 Å². The molecule has 3 heterocycles. The highest BCUT2D eigenvalue weighted by Gasteiger charge is 2.50. The molecule has 3 heteroatoms. The van der Waals surface area contributed by atoms with Crippen molar-refractivity contribution in [3.05, 3.63) is 205 Å². The molecule has 2 aliphatic rings. The third kappa shape index (κ3) is 4.12. The molecule has 2 aromatic heterocycles. The van der Waals surface area contributed by atoms with Gasteiger partial charge >= 0.3 is 0 Å². The largest absolute Gasteiger partial charge is 0.309 e. The zero-order valence-corrected chi connectivity index (χ0v) is 28.2. The van der Waals surface area contributed by atoms with Gasteiger partial charge in [-0.25, -0.2) is 9.97 Å². The van der Waals surface area contributed by atoms with E-state index < -0.39 is 5.41 Å².